The zero-order valence-electron chi connectivity index (χ0n) is 11.0. The lowest BCUT2D eigenvalue weighted by molar-refractivity contribution is -0.139. The van der Waals surface area contributed by atoms with Gasteiger partial charge in [0, 0.05) is 18.7 Å². The zero-order valence-corrected chi connectivity index (χ0v) is 11.8. The van der Waals surface area contributed by atoms with Gasteiger partial charge in [-0.15, -0.1) is 0 Å². The molecule has 0 aliphatic heterocycles. The van der Waals surface area contributed by atoms with Crippen molar-refractivity contribution in [1.29, 1.82) is 0 Å². The van der Waals surface area contributed by atoms with Crippen LogP contribution in [-0.2, 0) is 19.4 Å². The van der Waals surface area contributed by atoms with E-state index in [1.807, 2.05) is 0 Å². The van der Waals surface area contributed by atoms with E-state index >= 15 is 0 Å². The fourth-order valence-electron chi connectivity index (χ4n) is 1.46. The van der Waals surface area contributed by atoms with Gasteiger partial charge >= 0.3 is 5.97 Å². The summed E-state index contributed by atoms with van der Waals surface area (Å²) in [5, 5.41) is 11.2. The molecule has 0 saturated heterocycles. The Kier molecular flexibility index (Phi) is 6.31. The normalized spacial score (nSPS) is 12.2. The lowest BCUT2D eigenvalue weighted by Crippen LogP contribution is -2.33. The molecule has 0 aliphatic carbocycles. The fraction of sp³-hybridized carbons (Fsp3) is 0.818. The maximum atomic E-state index is 11.5. The third-order valence-corrected chi connectivity index (χ3v) is 4.15. The quantitative estimate of drug-likeness (QED) is 0.671. The van der Waals surface area contributed by atoms with Crippen molar-refractivity contribution in [2.45, 2.75) is 33.6 Å². The summed E-state index contributed by atoms with van der Waals surface area (Å²) < 4.78 is 22.4. The molecule has 2 N–H and O–H groups in total. The minimum atomic E-state index is -3.09. The van der Waals surface area contributed by atoms with Gasteiger partial charge in [0.05, 0.1) is 12.2 Å². The SMILES string of the molecule is CCS(=O)(=O)CCNC(=O)CC(C)(C)CC(=O)O. The van der Waals surface area contributed by atoms with Gasteiger partial charge in [-0.1, -0.05) is 20.8 Å². The maximum absolute atomic E-state index is 11.5. The predicted molar refractivity (Wildman–Crippen MR) is 68.0 cm³/mol. The van der Waals surface area contributed by atoms with Crippen molar-refractivity contribution < 1.29 is 23.1 Å². The van der Waals surface area contributed by atoms with Gasteiger partial charge in [0.25, 0.3) is 0 Å². The van der Waals surface area contributed by atoms with Crippen molar-refractivity contribution in [3.63, 3.8) is 0 Å². The van der Waals surface area contributed by atoms with Gasteiger partial charge < -0.3 is 10.4 Å². The van der Waals surface area contributed by atoms with Gasteiger partial charge in [-0.25, -0.2) is 8.42 Å². The molecule has 0 unspecified atom stereocenters. The zero-order chi connectivity index (χ0) is 14.4. The molecule has 0 spiro atoms. The number of hydrogen-bond donors (Lipinski definition) is 2. The van der Waals surface area contributed by atoms with Crippen molar-refractivity contribution in [3.8, 4) is 0 Å². The molecular formula is C11H21NO5S. The van der Waals surface area contributed by atoms with Gasteiger partial charge in [0.2, 0.25) is 5.91 Å². The molecule has 0 aromatic carbocycles. The third-order valence-electron chi connectivity index (χ3n) is 2.44. The molecule has 0 aliphatic rings. The standard InChI is InChI=1S/C11H21NO5S/c1-4-18(16,17)6-5-12-9(13)7-11(2,3)8-10(14)15/h4-8H2,1-3H3,(H,12,13)(H,14,15). The third kappa shape index (κ3) is 8.05. The number of carboxylic acids is 1. The molecule has 0 rings (SSSR count). The second kappa shape index (κ2) is 6.72. The number of rotatable bonds is 8. The number of hydrogen-bond acceptors (Lipinski definition) is 4. The van der Waals surface area contributed by atoms with Gasteiger partial charge in [0.1, 0.15) is 0 Å². The summed E-state index contributed by atoms with van der Waals surface area (Å²) in [4.78, 5) is 22.1. The molecule has 0 atom stereocenters. The highest BCUT2D eigenvalue weighted by molar-refractivity contribution is 7.91. The molecule has 106 valence electrons. The van der Waals surface area contributed by atoms with Gasteiger partial charge in [-0.3, -0.25) is 9.59 Å². The Balaban J connectivity index is 4.09. The molecular weight excluding hydrogens is 258 g/mol. The van der Waals surface area contributed by atoms with Crippen LogP contribution >= 0.6 is 0 Å². The molecule has 0 saturated carbocycles. The van der Waals surface area contributed by atoms with Crippen molar-refractivity contribution >= 4 is 21.7 Å². The summed E-state index contributed by atoms with van der Waals surface area (Å²) in [5.74, 6) is -1.32. The minimum Gasteiger partial charge on any atom is -0.481 e. The molecule has 0 bridgehead atoms. The van der Waals surface area contributed by atoms with Gasteiger partial charge in [-0.05, 0) is 5.41 Å². The summed E-state index contributed by atoms with van der Waals surface area (Å²) >= 11 is 0. The van der Waals surface area contributed by atoms with Crippen LogP contribution in [0.5, 0.6) is 0 Å². The van der Waals surface area contributed by atoms with Crippen LogP contribution in [0.3, 0.4) is 0 Å². The molecule has 1 amide bonds. The van der Waals surface area contributed by atoms with E-state index in [0.29, 0.717) is 0 Å². The highest BCUT2D eigenvalue weighted by Crippen LogP contribution is 2.24. The summed E-state index contributed by atoms with van der Waals surface area (Å²) in [6.07, 6.45) is -0.0425. The van der Waals surface area contributed by atoms with Crippen LogP contribution < -0.4 is 5.32 Å². The van der Waals surface area contributed by atoms with Crippen LogP contribution in [0.4, 0.5) is 0 Å². The summed E-state index contributed by atoms with van der Waals surface area (Å²) in [5.41, 5.74) is -0.639. The molecule has 0 fully saturated rings. The number of amides is 1. The Hall–Kier alpha value is -1.11. The highest BCUT2D eigenvalue weighted by atomic mass is 32.2. The number of carbonyl (C=O) groups excluding carboxylic acids is 1. The molecule has 6 nitrogen and oxygen atoms in total. The monoisotopic (exact) mass is 279 g/mol. The van der Waals surface area contributed by atoms with Crippen molar-refractivity contribution in [2.75, 3.05) is 18.1 Å². The second-order valence-corrected chi connectivity index (χ2v) is 7.47. The van der Waals surface area contributed by atoms with Crippen LogP contribution in [0.1, 0.15) is 33.6 Å². The fourth-order valence-corrected chi connectivity index (χ4v) is 2.16. The molecule has 18 heavy (non-hydrogen) atoms. The van der Waals surface area contributed by atoms with Crippen molar-refractivity contribution in [3.05, 3.63) is 0 Å². The number of carboxylic acid groups (broad SMARTS) is 1. The molecule has 0 radical (unpaired) electrons. The van der Waals surface area contributed by atoms with E-state index in [1.165, 1.54) is 0 Å². The minimum absolute atomic E-state index is 0.0490. The first-order chi connectivity index (χ1) is 8.08. The summed E-state index contributed by atoms with van der Waals surface area (Å²) in [6.45, 7) is 4.98. The van der Waals surface area contributed by atoms with Crippen LogP contribution in [-0.4, -0.2) is 43.5 Å². The molecule has 0 aromatic heterocycles. The predicted octanol–water partition coefficient (Wildman–Crippen LogP) is 0.428. The summed E-state index contributed by atoms with van der Waals surface area (Å²) in [6, 6.07) is 0. The average Bonchev–Trinajstić information content (AvgIpc) is 2.14. The number of nitrogens with one attached hydrogen (secondary N) is 1. The first-order valence-corrected chi connectivity index (χ1v) is 7.59. The van der Waals surface area contributed by atoms with E-state index in [4.69, 9.17) is 5.11 Å². The highest BCUT2D eigenvalue weighted by Gasteiger charge is 2.25. The van der Waals surface area contributed by atoms with Crippen molar-refractivity contribution in [2.24, 2.45) is 5.41 Å². The van der Waals surface area contributed by atoms with E-state index in [0.717, 1.165) is 0 Å². The lowest BCUT2D eigenvalue weighted by Gasteiger charge is -2.21. The molecule has 0 heterocycles. The Labute approximate surface area is 108 Å². The second-order valence-electron chi connectivity index (χ2n) is 5.00. The Bertz CT molecular complexity index is 400. The van der Waals surface area contributed by atoms with Crippen LogP contribution in [0.2, 0.25) is 0 Å². The Morgan fingerprint density at radius 3 is 2.22 bits per heavy atom. The number of aliphatic carboxylic acids is 1. The van der Waals surface area contributed by atoms with E-state index in [2.05, 4.69) is 5.32 Å². The first kappa shape index (κ1) is 16.9. The van der Waals surface area contributed by atoms with E-state index in [9.17, 15) is 18.0 Å². The number of sulfone groups is 1. The average molecular weight is 279 g/mol. The Morgan fingerprint density at radius 1 is 1.22 bits per heavy atom. The van der Waals surface area contributed by atoms with Crippen LogP contribution in [0.15, 0.2) is 0 Å². The van der Waals surface area contributed by atoms with E-state index in [-0.39, 0.29) is 36.8 Å². The van der Waals surface area contributed by atoms with E-state index < -0.39 is 21.2 Å². The maximum Gasteiger partial charge on any atom is 0.303 e. The summed E-state index contributed by atoms with van der Waals surface area (Å²) in [7, 11) is -3.09. The first-order valence-electron chi connectivity index (χ1n) is 5.77. The van der Waals surface area contributed by atoms with Crippen molar-refractivity contribution in [1.82, 2.24) is 5.32 Å². The topological polar surface area (TPSA) is 101 Å². The molecule has 7 heteroatoms. The van der Waals surface area contributed by atoms with Gasteiger partial charge in [0.15, 0.2) is 9.84 Å². The van der Waals surface area contributed by atoms with Gasteiger partial charge in [-0.2, -0.15) is 0 Å². The molecule has 0 aromatic rings. The number of carbonyl (C=O) groups is 2. The van der Waals surface area contributed by atoms with Crippen LogP contribution in [0.25, 0.3) is 0 Å². The Morgan fingerprint density at radius 2 is 1.78 bits per heavy atom. The smallest absolute Gasteiger partial charge is 0.303 e. The van der Waals surface area contributed by atoms with Crippen LogP contribution in [0, 0.1) is 5.41 Å². The lowest BCUT2D eigenvalue weighted by atomic mass is 9.85. The van der Waals surface area contributed by atoms with E-state index in [1.54, 1.807) is 20.8 Å². The largest absolute Gasteiger partial charge is 0.481 e.